The van der Waals surface area contributed by atoms with Crippen molar-refractivity contribution in [2.45, 2.75) is 17.0 Å². The summed E-state index contributed by atoms with van der Waals surface area (Å²) in [6, 6.07) is 24.6. The number of amides is 1. The predicted molar refractivity (Wildman–Crippen MR) is 153 cm³/mol. The highest BCUT2D eigenvalue weighted by atomic mass is 32.2. The molecular weight excluding hydrogens is 528 g/mol. The number of ether oxygens (including phenoxy) is 2. The minimum Gasteiger partial charge on any atom is -0.493 e. The molecule has 1 N–H and O–H groups in total. The van der Waals surface area contributed by atoms with Gasteiger partial charge in [-0.05, 0) is 23.3 Å². The van der Waals surface area contributed by atoms with Crippen molar-refractivity contribution >= 4 is 15.9 Å². The largest absolute Gasteiger partial charge is 0.493 e. The molecule has 0 aliphatic carbocycles. The van der Waals surface area contributed by atoms with Crippen molar-refractivity contribution in [2.75, 3.05) is 60.0 Å². The predicted octanol–water partition coefficient (Wildman–Crippen LogP) is 2.60. The molecule has 0 radical (unpaired) electrons. The quantitative estimate of drug-likeness (QED) is 0.450. The van der Waals surface area contributed by atoms with Crippen LogP contribution in [0.25, 0.3) is 0 Å². The molecule has 2 saturated heterocycles. The maximum absolute atomic E-state index is 13.8. The first-order chi connectivity index (χ1) is 19.4. The van der Waals surface area contributed by atoms with Gasteiger partial charge in [-0.1, -0.05) is 60.7 Å². The van der Waals surface area contributed by atoms with Crippen molar-refractivity contribution in [2.24, 2.45) is 0 Å². The molecule has 1 amide bonds. The van der Waals surface area contributed by atoms with E-state index in [0.717, 1.165) is 0 Å². The number of hydrogen-bond acceptors (Lipinski definition) is 7. The second kappa shape index (κ2) is 12.4. The van der Waals surface area contributed by atoms with Gasteiger partial charge in [-0.25, -0.2) is 8.42 Å². The van der Waals surface area contributed by atoms with Gasteiger partial charge in [0, 0.05) is 51.9 Å². The Bertz CT molecular complexity index is 1360. The molecule has 5 rings (SSSR count). The number of benzene rings is 3. The first-order valence-electron chi connectivity index (χ1n) is 13.5. The van der Waals surface area contributed by atoms with Gasteiger partial charge < -0.3 is 19.7 Å². The molecule has 0 bridgehead atoms. The zero-order valence-electron chi connectivity index (χ0n) is 22.9. The minimum atomic E-state index is -3.95. The lowest BCUT2D eigenvalue weighted by molar-refractivity contribution is -0.137. The highest BCUT2D eigenvalue weighted by Crippen LogP contribution is 2.32. The third-order valence-electron chi connectivity index (χ3n) is 7.66. The number of methoxy groups -OCH3 is 2. The van der Waals surface area contributed by atoms with Gasteiger partial charge in [0.2, 0.25) is 15.9 Å². The average molecular weight is 565 g/mol. The van der Waals surface area contributed by atoms with E-state index in [-0.39, 0.29) is 29.9 Å². The molecule has 212 valence electrons. The smallest absolute Gasteiger partial charge is 0.244 e. The molecule has 2 aliphatic rings. The maximum atomic E-state index is 13.8. The fourth-order valence-corrected chi connectivity index (χ4v) is 7.19. The fraction of sp³-hybridized carbons (Fsp3) is 0.367. The van der Waals surface area contributed by atoms with Crippen molar-refractivity contribution in [3.63, 3.8) is 0 Å². The van der Waals surface area contributed by atoms with Crippen LogP contribution in [0.4, 0.5) is 0 Å². The van der Waals surface area contributed by atoms with E-state index < -0.39 is 16.1 Å². The first-order valence-corrected chi connectivity index (χ1v) is 15.0. The molecule has 0 spiro atoms. The third kappa shape index (κ3) is 5.71. The molecule has 9 nitrogen and oxygen atoms in total. The van der Waals surface area contributed by atoms with Gasteiger partial charge >= 0.3 is 0 Å². The van der Waals surface area contributed by atoms with Crippen LogP contribution in [0.15, 0.2) is 83.8 Å². The Balaban J connectivity index is 1.33. The van der Waals surface area contributed by atoms with Gasteiger partial charge in [0.05, 0.1) is 25.2 Å². The Hall–Kier alpha value is -3.44. The van der Waals surface area contributed by atoms with Gasteiger partial charge in [-0.2, -0.15) is 4.31 Å². The lowest BCUT2D eigenvalue weighted by Gasteiger charge is -2.42. The van der Waals surface area contributed by atoms with Crippen LogP contribution in [-0.2, 0) is 14.8 Å². The van der Waals surface area contributed by atoms with Crippen molar-refractivity contribution in [1.29, 1.82) is 0 Å². The number of hydrogen-bond donors (Lipinski definition) is 1. The molecule has 0 aromatic heterocycles. The van der Waals surface area contributed by atoms with Gasteiger partial charge in [0.15, 0.2) is 11.5 Å². The molecule has 2 fully saturated rings. The van der Waals surface area contributed by atoms with Crippen LogP contribution < -0.4 is 14.8 Å². The van der Waals surface area contributed by atoms with Crippen molar-refractivity contribution in [3.05, 3.63) is 90.0 Å². The first kappa shape index (κ1) is 28.1. The van der Waals surface area contributed by atoms with Gasteiger partial charge in [-0.15, -0.1) is 0 Å². The monoisotopic (exact) mass is 564 g/mol. The maximum Gasteiger partial charge on any atom is 0.244 e. The van der Waals surface area contributed by atoms with E-state index >= 15 is 0 Å². The molecule has 10 heteroatoms. The summed E-state index contributed by atoms with van der Waals surface area (Å²) in [5.74, 6) is 0.590. The van der Waals surface area contributed by atoms with Crippen LogP contribution in [-0.4, -0.2) is 94.5 Å². The Morgan fingerprint density at radius 1 is 0.825 bits per heavy atom. The van der Waals surface area contributed by atoms with Crippen molar-refractivity contribution in [3.8, 4) is 11.5 Å². The Morgan fingerprint density at radius 3 is 2.00 bits per heavy atom. The summed E-state index contributed by atoms with van der Waals surface area (Å²) in [4.78, 5) is 18.1. The van der Waals surface area contributed by atoms with E-state index in [1.54, 1.807) is 11.0 Å². The number of sulfonamides is 1. The highest BCUT2D eigenvalue weighted by Gasteiger charge is 2.41. The molecule has 2 aliphatic heterocycles. The normalized spacial score (nSPS) is 19.0. The topological polar surface area (TPSA) is 91.4 Å². The summed E-state index contributed by atoms with van der Waals surface area (Å²) in [5.41, 5.74) is 2.41. The number of piperazine rings is 2. The summed E-state index contributed by atoms with van der Waals surface area (Å²) in [6.45, 7) is 3.36. The van der Waals surface area contributed by atoms with E-state index in [9.17, 15) is 13.2 Å². The number of carbonyl (C=O) groups is 1. The van der Waals surface area contributed by atoms with Gasteiger partial charge in [-0.3, -0.25) is 9.69 Å². The molecule has 1 atom stereocenters. The molecule has 40 heavy (non-hydrogen) atoms. The zero-order chi connectivity index (χ0) is 28.1. The molecular formula is C30H36N4O5S. The number of rotatable bonds is 8. The lowest BCUT2D eigenvalue weighted by Crippen LogP contribution is -2.62. The van der Waals surface area contributed by atoms with Gasteiger partial charge in [0.25, 0.3) is 0 Å². The summed E-state index contributed by atoms with van der Waals surface area (Å²) < 4.78 is 39.4. The molecule has 3 aromatic rings. The lowest BCUT2D eigenvalue weighted by atomic mass is 9.96. The Kier molecular flexibility index (Phi) is 8.70. The van der Waals surface area contributed by atoms with Crippen LogP contribution in [0.5, 0.6) is 11.5 Å². The summed E-state index contributed by atoms with van der Waals surface area (Å²) in [6.07, 6.45) is 0. The van der Waals surface area contributed by atoms with Crippen molar-refractivity contribution in [1.82, 2.24) is 19.4 Å². The zero-order valence-corrected chi connectivity index (χ0v) is 23.7. The highest BCUT2D eigenvalue weighted by molar-refractivity contribution is 7.89. The molecule has 3 aromatic carbocycles. The molecule has 0 unspecified atom stereocenters. The van der Waals surface area contributed by atoms with Crippen LogP contribution in [0, 0.1) is 0 Å². The molecule has 2 heterocycles. The molecule has 0 saturated carbocycles. The van der Waals surface area contributed by atoms with E-state index in [1.165, 1.54) is 41.8 Å². The third-order valence-corrected chi connectivity index (χ3v) is 9.57. The number of nitrogens with zero attached hydrogens (tertiary/aromatic N) is 3. The number of carbonyl (C=O) groups excluding carboxylic acids is 1. The SMILES string of the molecule is COc1ccc(S(=O)(=O)N2CCNC[C@H]2C(=O)N2CCN(C(c3ccccc3)c3ccccc3)CC2)cc1OC. The van der Waals surface area contributed by atoms with Crippen LogP contribution in [0.2, 0.25) is 0 Å². The van der Waals surface area contributed by atoms with Crippen molar-refractivity contribution < 1.29 is 22.7 Å². The van der Waals surface area contributed by atoms with E-state index in [1.807, 2.05) is 12.1 Å². The second-order valence-corrected chi connectivity index (χ2v) is 11.8. The Labute approximate surface area is 236 Å². The standard InChI is InChI=1S/C30H36N4O5S/c1-38-27-14-13-25(21-28(27)39-2)40(36,37)34-16-15-31-22-26(34)30(35)33-19-17-32(18-20-33)29(23-9-5-3-6-10-23)24-11-7-4-8-12-24/h3-14,21,26,29,31H,15-20,22H2,1-2H3/t26-/m0/s1. The minimum absolute atomic E-state index is 0.0724. The van der Waals surface area contributed by atoms with Crippen LogP contribution in [0.1, 0.15) is 17.2 Å². The van der Waals surface area contributed by atoms with E-state index in [0.29, 0.717) is 44.2 Å². The van der Waals surface area contributed by atoms with E-state index in [2.05, 4.69) is 58.7 Å². The summed E-state index contributed by atoms with van der Waals surface area (Å²) in [5, 5.41) is 3.21. The van der Waals surface area contributed by atoms with Crippen LogP contribution >= 0.6 is 0 Å². The fourth-order valence-electron chi connectivity index (χ4n) is 5.59. The van der Waals surface area contributed by atoms with E-state index in [4.69, 9.17) is 9.47 Å². The van der Waals surface area contributed by atoms with Crippen LogP contribution in [0.3, 0.4) is 0 Å². The second-order valence-electron chi connectivity index (χ2n) is 9.94. The Morgan fingerprint density at radius 2 is 1.43 bits per heavy atom. The average Bonchev–Trinajstić information content (AvgIpc) is 3.02. The summed E-state index contributed by atoms with van der Waals surface area (Å²) >= 11 is 0. The van der Waals surface area contributed by atoms with Gasteiger partial charge in [0.1, 0.15) is 6.04 Å². The number of nitrogens with one attached hydrogen (secondary N) is 1. The summed E-state index contributed by atoms with van der Waals surface area (Å²) in [7, 11) is -0.987.